The van der Waals surface area contributed by atoms with Gasteiger partial charge in [0.1, 0.15) is 0 Å². The van der Waals surface area contributed by atoms with Crippen molar-refractivity contribution in [2.45, 2.75) is 4.90 Å². The molecule has 0 bridgehead atoms. The average molecular weight is 340 g/mol. The quantitative estimate of drug-likeness (QED) is 0.682. The minimum atomic E-state index is -3.51. The van der Waals surface area contributed by atoms with E-state index in [1.165, 1.54) is 13.2 Å². The fraction of sp³-hybridized carbons (Fsp3) is 0.105. The Bertz CT molecular complexity index is 1040. The largest absolute Gasteiger partial charge is 0.465 e. The molecule has 0 spiro atoms. The van der Waals surface area contributed by atoms with Crippen LogP contribution in [0.5, 0.6) is 0 Å². The van der Waals surface area contributed by atoms with Crippen molar-refractivity contribution in [1.82, 2.24) is 0 Å². The molecule has 4 nitrogen and oxygen atoms in total. The lowest BCUT2D eigenvalue weighted by molar-refractivity contribution is 0.0600. The molecule has 0 fully saturated rings. The Labute approximate surface area is 140 Å². The molecule has 122 valence electrons. The maximum Gasteiger partial charge on any atom is 0.337 e. The summed E-state index contributed by atoms with van der Waals surface area (Å²) in [5.41, 5.74) is 1.56. The third kappa shape index (κ3) is 3.03. The number of rotatable bonds is 3. The summed E-state index contributed by atoms with van der Waals surface area (Å²) in [6.45, 7) is 0. The van der Waals surface area contributed by atoms with Gasteiger partial charge in [0.2, 0.25) is 0 Å². The summed E-state index contributed by atoms with van der Waals surface area (Å²) in [5, 5.41) is 2.10. The maximum absolute atomic E-state index is 12.2. The Kier molecular flexibility index (Phi) is 4.11. The van der Waals surface area contributed by atoms with Gasteiger partial charge in [0.25, 0.3) is 0 Å². The van der Waals surface area contributed by atoms with E-state index in [1.54, 1.807) is 12.1 Å². The summed E-state index contributed by atoms with van der Waals surface area (Å²) in [5.74, 6) is -0.565. The Balaban J connectivity index is 2.23. The molecule has 0 aromatic heterocycles. The second kappa shape index (κ2) is 6.09. The lowest BCUT2D eigenvalue weighted by atomic mass is 10.00. The first-order valence-electron chi connectivity index (χ1n) is 7.32. The molecule has 0 heterocycles. The van der Waals surface area contributed by atoms with E-state index in [1.807, 2.05) is 42.5 Å². The first-order valence-corrected chi connectivity index (χ1v) is 9.21. The van der Waals surface area contributed by atoms with Gasteiger partial charge >= 0.3 is 5.97 Å². The third-order valence-electron chi connectivity index (χ3n) is 3.86. The number of hydrogen-bond donors (Lipinski definition) is 0. The van der Waals surface area contributed by atoms with Crippen molar-refractivity contribution >= 4 is 26.6 Å². The van der Waals surface area contributed by atoms with Gasteiger partial charge in [0.15, 0.2) is 9.84 Å². The van der Waals surface area contributed by atoms with Crippen LogP contribution in [0.25, 0.3) is 21.9 Å². The predicted molar refractivity (Wildman–Crippen MR) is 93.8 cm³/mol. The van der Waals surface area contributed by atoms with Crippen molar-refractivity contribution in [1.29, 1.82) is 0 Å². The van der Waals surface area contributed by atoms with E-state index < -0.39 is 15.8 Å². The van der Waals surface area contributed by atoms with Crippen LogP contribution >= 0.6 is 0 Å². The summed E-state index contributed by atoms with van der Waals surface area (Å²) < 4.78 is 29.1. The molecule has 5 heteroatoms. The molecule has 3 aromatic carbocycles. The zero-order valence-corrected chi connectivity index (χ0v) is 14.1. The van der Waals surface area contributed by atoms with E-state index >= 15 is 0 Å². The summed E-state index contributed by atoms with van der Waals surface area (Å²) in [4.78, 5) is 11.8. The lowest BCUT2D eigenvalue weighted by Crippen LogP contribution is -2.06. The van der Waals surface area contributed by atoms with Crippen LogP contribution in [-0.2, 0) is 14.6 Å². The van der Waals surface area contributed by atoms with E-state index in [-0.39, 0.29) is 10.5 Å². The van der Waals surface area contributed by atoms with Gasteiger partial charge in [-0.15, -0.1) is 0 Å². The van der Waals surface area contributed by atoms with Crippen molar-refractivity contribution in [3.8, 4) is 11.1 Å². The van der Waals surface area contributed by atoms with Gasteiger partial charge in [0.05, 0.1) is 17.6 Å². The van der Waals surface area contributed by atoms with Crippen molar-refractivity contribution in [3.63, 3.8) is 0 Å². The van der Waals surface area contributed by atoms with E-state index in [0.29, 0.717) is 5.56 Å². The van der Waals surface area contributed by atoms with Crippen LogP contribution in [0.15, 0.2) is 65.6 Å². The van der Waals surface area contributed by atoms with Gasteiger partial charge in [-0.25, -0.2) is 13.2 Å². The van der Waals surface area contributed by atoms with E-state index in [2.05, 4.69) is 4.74 Å². The number of ether oxygens (including phenoxy) is 1. The van der Waals surface area contributed by atoms with Crippen molar-refractivity contribution in [3.05, 3.63) is 66.2 Å². The molecular weight excluding hydrogens is 324 g/mol. The van der Waals surface area contributed by atoms with Gasteiger partial charge < -0.3 is 4.74 Å². The molecule has 0 unspecified atom stereocenters. The smallest absolute Gasteiger partial charge is 0.337 e. The SMILES string of the molecule is COC(=O)c1ccc(-c2ccc3ccccc3c2)c(S(C)(=O)=O)c1. The van der Waals surface area contributed by atoms with E-state index in [9.17, 15) is 13.2 Å². The van der Waals surface area contributed by atoms with Crippen LogP contribution in [0.1, 0.15) is 10.4 Å². The number of sulfone groups is 1. The number of benzene rings is 3. The minimum absolute atomic E-state index is 0.112. The van der Waals surface area contributed by atoms with E-state index in [4.69, 9.17) is 0 Å². The Morgan fingerprint density at radius 1 is 0.917 bits per heavy atom. The fourth-order valence-corrected chi connectivity index (χ4v) is 3.60. The number of carbonyl (C=O) groups excluding carboxylic acids is 1. The number of fused-ring (bicyclic) bond motifs is 1. The number of hydrogen-bond acceptors (Lipinski definition) is 4. The summed E-state index contributed by atoms with van der Waals surface area (Å²) in [6, 6.07) is 18.2. The number of methoxy groups -OCH3 is 1. The Morgan fingerprint density at radius 3 is 2.29 bits per heavy atom. The zero-order chi connectivity index (χ0) is 17.3. The van der Waals surface area contributed by atoms with Crippen molar-refractivity contribution < 1.29 is 17.9 Å². The Hall–Kier alpha value is -2.66. The molecule has 0 atom stereocenters. The molecule has 0 amide bonds. The van der Waals surface area contributed by atoms with Gasteiger partial charge in [-0.1, -0.05) is 42.5 Å². The number of esters is 1. The second-order valence-electron chi connectivity index (χ2n) is 5.54. The van der Waals surface area contributed by atoms with Crippen LogP contribution in [0, 0.1) is 0 Å². The van der Waals surface area contributed by atoms with Gasteiger partial charge in [-0.2, -0.15) is 0 Å². The molecule has 0 aliphatic heterocycles. The maximum atomic E-state index is 12.2. The molecule has 0 saturated carbocycles. The Morgan fingerprint density at radius 2 is 1.62 bits per heavy atom. The molecule has 0 saturated heterocycles. The van der Waals surface area contributed by atoms with Crippen LogP contribution in [-0.4, -0.2) is 27.8 Å². The zero-order valence-electron chi connectivity index (χ0n) is 13.3. The van der Waals surface area contributed by atoms with Gasteiger partial charge in [-0.3, -0.25) is 0 Å². The fourth-order valence-electron chi connectivity index (χ4n) is 2.67. The summed E-state index contributed by atoms with van der Waals surface area (Å²) >= 11 is 0. The molecule has 24 heavy (non-hydrogen) atoms. The van der Waals surface area contributed by atoms with Crippen LogP contribution in [0.2, 0.25) is 0 Å². The highest BCUT2D eigenvalue weighted by Gasteiger charge is 2.18. The van der Waals surface area contributed by atoms with E-state index in [0.717, 1.165) is 22.6 Å². The minimum Gasteiger partial charge on any atom is -0.465 e. The first-order chi connectivity index (χ1) is 11.4. The summed E-state index contributed by atoms with van der Waals surface area (Å²) in [6.07, 6.45) is 1.13. The highest BCUT2D eigenvalue weighted by atomic mass is 32.2. The molecule has 0 radical (unpaired) electrons. The molecule has 0 aliphatic carbocycles. The molecule has 0 N–H and O–H groups in total. The number of carbonyl (C=O) groups is 1. The lowest BCUT2D eigenvalue weighted by Gasteiger charge is -2.11. The molecular formula is C19H16O4S. The monoisotopic (exact) mass is 340 g/mol. The summed E-state index contributed by atoms with van der Waals surface area (Å²) in [7, 11) is -2.24. The standard InChI is InChI=1S/C19H16O4S/c1-23-19(20)16-9-10-17(18(12-16)24(2,21)22)15-8-7-13-5-3-4-6-14(13)11-15/h3-12H,1-2H3. The topological polar surface area (TPSA) is 60.4 Å². The van der Waals surface area contributed by atoms with Crippen LogP contribution < -0.4 is 0 Å². The third-order valence-corrected chi connectivity index (χ3v) is 5.00. The predicted octanol–water partition coefficient (Wildman–Crippen LogP) is 3.70. The van der Waals surface area contributed by atoms with Crippen LogP contribution in [0.4, 0.5) is 0 Å². The van der Waals surface area contributed by atoms with Gasteiger partial charge in [-0.05, 0) is 34.5 Å². The molecule has 3 aromatic rings. The van der Waals surface area contributed by atoms with Crippen molar-refractivity contribution in [2.24, 2.45) is 0 Å². The van der Waals surface area contributed by atoms with Gasteiger partial charge in [0, 0.05) is 11.8 Å². The highest BCUT2D eigenvalue weighted by Crippen LogP contribution is 2.31. The first kappa shape index (κ1) is 16.2. The normalized spacial score (nSPS) is 11.4. The second-order valence-corrected chi connectivity index (χ2v) is 7.52. The molecule has 0 aliphatic rings. The van der Waals surface area contributed by atoms with Crippen molar-refractivity contribution in [2.75, 3.05) is 13.4 Å². The average Bonchev–Trinajstić information content (AvgIpc) is 2.59. The van der Waals surface area contributed by atoms with Crippen LogP contribution in [0.3, 0.4) is 0 Å². The molecule has 3 rings (SSSR count). The highest BCUT2D eigenvalue weighted by molar-refractivity contribution is 7.90.